The molecule has 3 rings (SSSR count). The van der Waals surface area contributed by atoms with Gasteiger partial charge in [0.05, 0.1) is 18.4 Å². The van der Waals surface area contributed by atoms with E-state index in [1.165, 1.54) is 6.92 Å². The van der Waals surface area contributed by atoms with E-state index in [0.29, 0.717) is 10.6 Å². The molecule has 5 heteroatoms. The van der Waals surface area contributed by atoms with Crippen molar-refractivity contribution in [3.05, 3.63) is 77.0 Å². The number of ketones is 1. The maximum absolute atomic E-state index is 12.4. The molecule has 0 saturated carbocycles. The first-order valence-electron chi connectivity index (χ1n) is 8.26. The van der Waals surface area contributed by atoms with Crippen LogP contribution in [-0.2, 0) is 21.0 Å². The summed E-state index contributed by atoms with van der Waals surface area (Å²) in [7, 11) is 0. The molecule has 0 radical (unpaired) electrons. The molecule has 25 heavy (non-hydrogen) atoms. The van der Waals surface area contributed by atoms with Gasteiger partial charge in [-0.3, -0.25) is 10.0 Å². The summed E-state index contributed by atoms with van der Waals surface area (Å²) in [6, 6.07) is 19.1. The minimum Gasteiger partial charge on any atom is -0.371 e. The van der Waals surface area contributed by atoms with Crippen LogP contribution in [0.5, 0.6) is 0 Å². The van der Waals surface area contributed by atoms with E-state index in [1.807, 2.05) is 60.7 Å². The lowest BCUT2D eigenvalue weighted by Crippen LogP contribution is -2.46. The molecule has 0 N–H and O–H groups in total. The number of hydrogen-bond donors (Lipinski definition) is 0. The second-order valence-electron chi connectivity index (χ2n) is 6.19. The van der Waals surface area contributed by atoms with Crippen molar-refractivity contribution >= 4 is 11.5 Å². The highest BCUT2D eigenvalue weighted by Crippen LogP contribution is 2.35. The highest BCUT2D eigenvalue weighted by molar-refractivity contribution is 5.92. The highest BCUT2D eigenvalue weighted by Gasteiger charge is 2.44. The Balaban J connectivity index is 1.89. The maximum Gasteiger partial charge on any atom is 0.227 e. The van der Waals surface area contributed by atoms with Crippen molar-refractivity contribution < 1.29 is 19.3 Å². The number of hydrogen-bond acceptors (Lipinski definition) is 4. The van der Waals surface area contributed by atoms with Gasteiger partial charge in [0.1, 0.15) is 5.78 Å². The van der Waals surface area contributed by atoms with Gasteiger partial charge in [-0.05, 0) is 18.1 Å². The van der Waals surface area contributed by atoms with Crippen molar-refractivity contribution in [1.29, 1.82) is 0 Å². The third-order valence-corrected chi connectivity index (χ3v) is 4.48. The summed E-state index contributed by atoms with van der Waals surface area (Å²) in [4.78, 5) is 18.2. The van der Waals surface area contributed by atoms with E-state index in [-0.39, 0.29) is 18.3 Å². The van der Waals surface area contributed by atoms with Crippen molar-refractivity contribution in [3.8, 4) is 0 Å². The number of ether oxygens (including phenoxy) is 1. The standard InChI is InChI=1S/C20H21NO4/c1-14-18(17-11-7-4-8-12-17)19(15(2)22)20(25-21(14)23)24-13-16-9-5-3-6-10-16/h3-12,18-20H,13H2,1-2H3/t18-,19-,20+/m1/s1. The van der Waals surface area contributed by atoms with Gasteiger partial charge in [0.25, 0.3) is 0 Å². The Bertz CT molecular complexity index is 758. The molecule has 0 bridgehead atoms. The zero-order chi connectivity index (χ0) is 17.8. The van der Waals surface area contributed by atoms with Crippen LogP contribution in [0.25, 0.3) is 0 Å². The molecular formula is C20H21NO4. The normalized spacial score (nSPS) is 23.2. The molecule has 2 aromatic rings. The third kappa shape index (κ3) is 3.72. The summed E-state index contributed by atoms with van der Waals surface area (Å²) in [6.45, 7) is 3.47. The molecule has 0 fully saturated rings. The molecule has 0 aliphatic carbocycles. The molecule has 2 aromatic carbocycles. The minimum atomic E-state index is -0.927. The number of Topliss-reactive ketones (excluding diaryl/α,β-unsaturated/α-hetero) is 1. The van der Waals surface area contributed by atoms with Crippen LogP contribution >= 0.6 is 0 Å². The number of nitrogens with zero attached hydrogens (tertiary/aromatic N) is 1. The average Bonchev–Trinajstić information content (AvgIpc) is 2.63. The average molecular weight is 339 g/mol. The van der Waals surface area contributed by atoms with Gasteiger partial charge >= 0.3 is 0 Å². The molecule has 1 aliphatic heterocycles. The lowest BCUT2D eigenvalue weighted by Gasteiger charge is -2.36. The molecule has 1 aliphatic rings. The van der Waals surface area contributed by atoms with Crippen LogP contribution in [0.4, 0.5) is 0 Å². The van der Waals surface area contributed by atoms with E-state index in [0.717, 1.165) is 11.1 Å². The molecular weight excluding hydrogens is 318 g/mol. The zero-order valence-electron chi connectivity index (χ0n) is 14.3. The lowest BCUT2D eigenvalue weighted by molar-refractivity contribution is -0.774. The lowest BCUT2D eigenvalue weighted by atomic mass is 9.79. The fraction of sp³-hybridized carbons (Fsp3) is 0.300. The fourth-order valence-corrected chi connectivity index (χ4v) is 3.20. The Kier molecular flexibility index (Phi) is 5.14. The third-order valence-electron chi connectivity index (χ3n) is 4.48. The van der Waals surface area contributed by atoms with Gasteiger partial charge in [0, 0.05) is 11.8 Å². The summed E-state index contributed by atoms with van der Waals surface area (Å²) in [5.41, 5.74) is 2.30. The summed E-state index contributed by atoms with van der Waals surface area (Å²) in [5, 5.41) is 12.2. The van der Waals surface area contributed by atoms with Crippen LogP contribution in [0.1, 0.15) is 30.9 Å². The van der Waals surface area contributed by atoms with Gasteiger partial charge in [0.15, 0.2) is 6.29 Å². The Labute approximate surface area is 147 Å². The van der Waals surface area contributed by atoms with E-state index in [1.54, 1.807) is 6.92 Å². The van der Waals surface area contributed by atoms with E-state index in [4.69, 9.17) is 9.57 Å². The van der Waals surface area contributed by atoms with Crippen LogP contribution in [0.15, 0.2) is 60.7 Å². The number of benzene rings is 2. The molecule has 0 saturated heterocycles. The molecule has 1 heterocycles. The topological polar surface area (TPSA) is 61.6 Å². The van der Waals surface area contributed by atoms with Crippen LogP contribution in [0.2, 0.25) is 0 Å². The van der Waals surface area contributed by atoms with Gasteiger partial charge in [0.2, 0.25) is 5.71 Å². The molecule has 0 spiro atoms. The summed E-state index contributed by atoms with van der Waals surface area (Å²) in [6.07, 6.45) is -0.927. The molecule has 130 valence electrons. The Hall–Kier alpha value is -2.66. The first-order chi connectivity index (χ1) is 12.1. The van der Waals surface area contributed by atoms with E-state index in [2.05, 4.69) is 0 Å². The molecule has 0 unspecified atom stereocenters. The van der Waals surface area contributed by atoms with Crippen LogP contribution < -0.4 is 0 Å². The van der Waals surface area contributed by atoms with Gasteiger partial charge in [-0.25, -0.2) is 0 Å². The second kappa shape index (κ2) is 7.49. The highest BCUT2D eigenvalue weighted by atomic mass is 16.9. The minimum absolute atomic E-state index is 0.0700. The number of carbonyl (C=O) groups is 1. The first kappa shape index (κ1) is 17.2. The van der Waals surface area contributed by atoms with Gasteiger partial charge in [-0.15, -0.1) is 0 Å². The maximum atomic E-state index is 12.4. The molecule has 5 nitrogen and oxygen atoms in total. The van der Waals surface area contributed by atoms with Gasteiger partial charge in [-0.2, -0.15) is 0 Å². The zero-order valence-corrected chi connectivity index (χ0v) is 14.3. The van der Waals surface area contributed by atoms with Crippen LogP contribution in [0, 0.1) is 11.1 Å². The van der Waals surface area contributed by atoms with Crippen molar-refractivity contribution in [2.75, 3.05) is 0 Å². The van der Waals surface area contributed by atoms with Crippen molar-refractivity contribution in [3.63, 3.8) is 0 Å². The Morgan fingerprint density at radius 1 is 1.12 bits per heavy atom. The quantitative estimate of drug-likeness (QED) is 0.783. The molecule has 0 amide bonds. The first-order valence-corrected chi connectivity index (χ1v) is 8.26. The summed E-state index contributed by atoms with van der Waals surface area (Å²) in [5.74, 6) is -1.01. The predicted molar refractivity (Wildman–Crippen MR) is 93.8 cm³/mol. The van der Waals surface area contributed by atoms with Crippen LogP contribution in [0.3, 0.4) is 0 Å². The van der Waals surface area contributed by atoms with Gasteiger partial charge < -0.3 is 9.57 Å². The van der Waals surface area contributed by atoms with Gasteiger partial charge in [-0.1, -0.05) is 60.7 Å². The Morgan fingerprint density at radius 3 is 2.32 bits per heavy atom. The van der Waals surface area contributed by atoms with Crippen LogP contribution in [-0.4, -0.2) is 22.7 Å². The molecule has 3 atom stereocenters. The summed E-state index contributed by atoms with van der Waals surface area (Å²) < 4.78 is 5.82. The van der Waals surface area contributed by atoms with E-state index >= 15 is 0 Å². The van der Waals surface area contributed by atoms with E-state index in [9.17, 15) is 10.0 Å². The van der Waals surface area contributed by atoms with E-state index < -0.39 is 12.2 Å². The SMILES string of the molecule is CC(=O)[C@H]1[C@@H](OCc2ccccc2)O[N+]([O-])=C(C)[C@@H]1c1ccccc1. The Morgan fingerprint density at radius 2 is 1.72 bits per heavy atom. The largest absolute Gasteiger partial charge is 0.371 e. The number of rotatable bonds is 5. The second-order valence-corrected chi connectivity index (χ2v) is 6.19. The number of carbonyl (C=O) groups excluding carboxylic acids is 1. The van der Waals surface area contributed by atoms with Crippen molar-refractivity contribution in [2.24, 2.45) is 5.92 Å². The predicted octanol–water partition coefficient (Wildman–Crippen LogP) is 3.43. The monoisotopic (exact) mass is 339 g/mol. The smallest absolute Gasteiger partial charge is 0.227 e. The van der Waals surface area contributed by atoms with Crippen molar-refractivity contribution in [2.45, 2.75) is 32.7 Å². The summed E-state index contributed by atoms with van der Waals surface area (Å²) >= 11 is 0. The molecule has 0 aromatic heterocycles. The van der Waals surface area contributed by atoms with Crippen molar-refractivity contribution in [1.82, 2.24) is 0 Å². The fourth-order valence-electron chi connectivity index (χ4n) is 3.20.